The molecule has 6 atom stereocenters. The Balaban J connectivity index is 1.11. The molecular formula is C24H33N2O5+. The molecule has 1 N–H and O–H groups in total. The molecule has 2 saturated carbocycles. The van der Waals surface area contributed by atoms with Crippen molar-refractivity contribution in [2.24, 2.45) is 23.2 Å². The van der Waals surface area contributed by atoms with Crippen molar-refractivity contribution in [3.05, 3.63) is 24.2 Å². The maximum absolute atomic E-state index is 12.9. The molecule has 1 aromatic rings. The van der Waals surface area contributed by atoms with Crippen molar-refractivity contribution in [3.63, 3.8) is 0 Å². The number of esters is 1. The Morgan fingerprint density at radius 2 is 2.10 bits per heavy atom. The van der Waals surface area contributed by atoms with Crippen LogP contribution in [-0.4, -0.2) is 67.8 Å². The third kappa shape index (κ3) is 3.23. The van der Waals surface area contributed by atoms with Gasteiger partial charge in [-0.2, -0.15) is 0 Å². The zero-order chi connectivity index (χ0) is 21.2. The molecule has 0 radical (unpaired) electrons. The Bertz CT molecular complexity index is 857. The smallest absolute Gasteiger partial charge is 0.315 e. The van der Waals surface area contributed by atoms with E-state index in [0.717, 1.165) is 39.1 Å². The van der Waals surface area contributed by atoms with E-state index in [-0.39, 0.29) is 34.9 Å². The molecule has 0 bridgehead atoms. The predicted octanol–water partition coefficient (Wildman–Crippen LogP) is 1.15. The summed E-state index contributed by atoms with van der Waals surface area (Å²) in [7, 11) is 0. The van der Waals surface area contributed by atoms with E-state index >= 15 is 0 Å². The van der Waals surface area contributed by atoms with E-state index < -0.39 is 0 Å². The molecule has 2 aliphatic carbocycles. The highest BCUT2D eigenvalue weighted by Crippen LogP contribution is 2.62. The third-order valence-electron chi connectivity index (χ3n) is 9.08. The van der Waals surface area contributed by atoms with Gasteiger partial charge in [0.2, 0.25) is 0 Å². The highest BCUT2D eigenvalue weighted by atomic mass is 16.6. The number of hydrogen-bond acceptors (Lipinski definition) is 5. The maximum Gasteiger partial charge on any atom is 0.315 e. The highest BCUT2D eigenvalue weighted by Gasteiger charge is 2.65. The van der Waals surface area contributed by atoms with Crippen LogP contribution < -0.4 is 4.90 Å². The van der Waals surface area contributed by atoms with Crippen molar-refractivity contribution < 1.29 is 28.4 Å². The van der Waals surface area contributed by atoms with E-state index in [2.05, 4.69) is 6.92 Å². The highest BCUT2D eigenvalue weighted by molar-refractivity contribution is 5.91. The van der Waals surface area contributed by atoms with Gasteiger partial charge in [-0.05, 0) is 55.6 Å². The van der Waals surface area contributed by atoms with Crippen molar-refractivity contribution in [2.45, 2.75) is 50.7 Å². The minimum Gasteiger partial charge on any atom is -0.462 e. The summed E-state index contributed by atoms with van der Waals surface area (Å²) in [6.45, 7) is 7.24. The minimum atomic E-state index is -0.0389. The summed E-state index contributed by atoms with van der Waals surface area (Å²) >= 11 is 0. The van der Waals surface area contributed by atoms with E-state index in [1.165, 1.54) is 30.4 Å². The summed E-state index contributed by atoms with van der Waals surface area (Å²) in [5.41, 5.74) is 0.342. The lowest BCUT2D eigenvalue weighted by molar-refractivity contribution is -0.906. The molecule has 0 aromatic carbocycles. The fraction of sp³-hybridized carbons (Fsp3) is 0.750. The first-order valence-electron chi connectivity index (χ1n) is 12.0. The van der Waals surface area contributed by atoms with Gasteiger partial charge in [-0.3, -0.25) is 9.59 Å². The monoisotopic (exact) mass is 429 g/mol. The first-order chi connectivity index (χ1) is 15.0. The fourth-order valence-corrected chi connectivity index (χ4v) is 7.29. The van der Waals surface area contributed by atoms with Crippen molar-refractivity contribution in [1.29, 1.82) is 0 Å². The van der Waals surface area contributed by atoms with Gasteiger partial charge in [0, 0.05) is 5.92 Å². The second kappa shape index (κ2) is 7.07. The molecule has 1 amide bonds. The molecule has 1 spiro atoms. The molecule has 7 heteroatoms. The van der Waals surface area contributed by atoms with Crippen LogP contribution in [0, 0.1) is 23.2 Å². The average Bonchev–Trinajstić information content (AvgIpc) is 3.19. The summed E-state index contributed by atoms with van der Waals surface area (Å²) in [5, 5.41) is 0. The standard InChI is InChI=1S/C24H32N2O5/c1-23-5-3-6-24(15-30-24)20(23)12-16-17(22(28)31-19(16)13-23)14-25-7-9-26(10-8-25)21(27)18-4-2-11-29-18/h2,4,11,16-17,19-20H,3,5-10,12-15H2,1H3/p+1/t16-,17+,19-,20+,23-,24+/m1/s1. The van der Waals surface area contributed by atoms with Gasteiger partial charge in [-0.1, -0.05) is 6.92 Å². The van der Waals surface area contributed by atoms with Crippen molar-refractivity contribution in [2.75, 3.05) is 39.3 Å². The molecule has 6 rings (SSSR count). The fourth-order valence-electron chi connectivity index (χ4n) is 7.29. The number of amides is 1. The second-order valence-electron chi connectivity index (χ2n) is 10.8. The first-order valence-corrected chi connectivity index (χ1v) is 12.0. The van der Waals surface area contributed by atoms with Crippen LogP contribution in [0.15, 0.2) is 22.8 Å². The number of epoxide rings is 1. The third-order valence-corrected chi connectivity index (χ3v) is 9.08. The molecule has 31 heavy (non-hydrogen) atoms. The summed E-state index contributed by atoms with van der Waals surface area (Å²) in [6, 6.07) is 3.46. The van der Waals surface area contributed by atoms with Gasteiger partial charge in [0.1, 0.15) is 12.0 Å². The lowest BCUT2D eigenvalue weighted by Crippen LogP contribution is -3.15. The Labute approximate surface area is 183 Å². The molecule has 4 heterocycles. The Kier molecular flexibility index (Phi) is 4.52. The quantitative estimate of drug-likeness (QED) is 0.576. The van der Waals surface area contributed by atoms with E-state index in [1.807, 2.05) is 4.90 Å². The number of rotatable bonds is 3. The maximum atomic E-state index is 12.9. The minimum absolute atomic E-state index is 0.00426. The number of hydrogen-bond donors (Lipinski definition) is 1. The molecule has 5 aliphatic rings. The number of fused-ring (bicyclic) bond motifs is 3. The lowest BCUT2D eigenvalue weighted by atomic mass is 9.53. The Hall–Kier alpha value is -1.86. The number of quaternary nitrogens is 1. The number of carbonyl (C=O) groups is 2. The van der Waals surface area contributed by atoms with E-state index in [9.17, 15) is 9.59 Å². The summed E-state index contributed by atoms with van der Waals surface area (Å²) in [6.07, 6.45) is 7.31. The molecule has 3 aliphatic heterocycles. The molecule has 7 nitrogen and oxygen atoms in total. The van der Waals surface area contributed by atoms with Crippen LogP contribution in [0.5, 0.6) is 0 Å². The second-order valence-corrected chi connectivity index (χ2v) is 10.8. The number of ether oxygens (including phenoxy) is 2. The van der Waals surface area contributed by atoms with Crippen LogP contribution in [0.25, 0.3) is 0 Å². The molecule has 0 unspecified atom stereocenters. The Morgan fingerprint density at radius 3 is 2.81 bits per heavy atom. The molecule has 168 valence electrons. The molecule has 5 fully saturated rings. The van der Waals surface area contributed by atoms with Gasteiger partial charge in [0.15, 0.2) is 5.76 Å². The zero-order valence-corrected chi connectivity index (χ0v) is 18.3. The van der Waals surface area contributed by atoms with Crippen LogP contribution in [0.1, 0.15) is 49.6 Å². The van der Waals surface area contributed by atoms with Crippen molar-refractivity contribution >= 4 is 11.9 Å². The molecule has 1 aromatic heterocycles. The van der Waals surface area contributed by atoms with Crippen LogP contribution in [0.3, 0.4) is 0 Å². The van der Waals surface area contributed by atoms with Gasteiger partial charge in [0.25, 0.3) is 5.91 Å². The van der Waals surface area contributed by atoms with Gasteiger partial charge in [-0.15, -0.1) is 0 Å². The van der Waals surface area contributed by atoms with Gasteiger partial charge in [0.05, 0.1) is 51.2 Å². The Morgan fingerprint density at radius 1 is 1.29 bits per heavy atom. The van der Waals surface area contributed by atoms with Gasteiger partial charge >= 0.3 is 5.97 Å². The van der Waals surface area contributed by atoms with Crippen LogP contribution in [0.4, 0.5) is 0 Å². The number of furan rings is 1. The van der Waals surface area contributed by atoms with Crippen LogP contribution in [0.2, 0.25) is 0 Å². The SMILES string of the molecule is C[C@]12CCC[C@]3(CO3)[C@H]1C[C@@H]1[C@H](C[NH+]3CCN(C(=O)c4ccco4)CC3)C(=O)O[C@@H]1C2. The average molecular weight is 430 g/mol. The van der Waals surface area contributed by atoms with Crippen molar-refractivity contribution in [1.82, 2.24) is 4.90 Å². The van der Waals surface area contributed by atoms with Crippen LogP contribution >= 0.6 is 0 Å². The zero-order valence-electron chi connectivity index (χ0n) is 18.3. The predicted molar refractivity (Wildman–Crippen MR) is 110 cm³/mol. The van der Waals surface area contributed by atoms with Gasteiger partial charge < -0.3 is 23.7 Å². The van der Waals surface area contributed by atoms with E-state index in [0.29, 0.717) is 30.7 Å². The lowest BCUT2D eigenvalue weighted by Gasteiger charge is -2.51. The summed E-state index contributed by atoms with van der Waals surface area (Å²) < 4.78 is 17.2. The molecule has 3 saturated heterocycles. The largest absolute Gasteiger partial charge is 0.462 e. The van der Waals surface area contributed by atoms with Gasteiger partial charge in [-0.25, -0.2) is 0 Å². The number of nitrogens with one attached hydrogen (secondary N) is 1. The van der Waals surface area contributed by atoms with Crippen molar-refractivity contribution in [3.8, 4) is 0 Å². The number of nitrogens with zero attached hydrogens (tertiary/aromatic N) is 1. The first kappa shape index (κ1) is 19.8. The van der Waals surface area contributed by atoms with E-state index in [4.69, 9.17) is 13.9 Å². The van der Waals surface area contributed by atoms with E-state index in [1.54, 1.807) is 12.1 Å². The number of carbonyl (C=O) groups excluding carboxylic acids is 2. The normalized spacial score (nSPS) is 42.2. The van der Waals surface area contributed by atoms with Crippen LogP contribution in [-0.2, 0) is 14.3 Å². The molecular weight excluding hydrogens is 396 g/mol. The summed E-state index contributed by atoms with van der Waals surface area (Å²) in [5.74, 6) is 1.23. The topological polar surface area (TPSA) is 76.7 Å². The summed E-state index contributed by atoms with van der Waals surface area (Å²) in [4.78, 5) is 28.7. The number of piperazine rings is 1.